The van der Waals surface area contributed by atoms with E-state index in [1.54, 1.807) is 31.4 Å². The number of aliphatic imine (C=N–C) groups is 1. The molecule has 1 N–H and O–H groups in total. The maximum Gasteiger partial charge on any atom is 0.394 e. The molecule has 0 aromatic heterocycles. The van der Waals surface area contributed by atoms with Crippen LogP contribution in [0.15, 0.2) is 29.3 Å². The van der Waals surface area contributed by atoms with Crippen molar-refractivity contribution in [1.82, 2.24) is 10.2 Å². The van der Waals surface area contributed by atoms with Gasteiger partial charge in [0.05, 0.1) is 17.5 Å². The van der Waals surface area contributed by atoms with Gasteiger partial charge in [0.15, 0.2) is 11.6 Å². The summed E-state index contributed by atoms with van der Waals surface area (Å²) in [6, 6.07) is 2.89. The van der Waals surface area contributed by atoms with Gasteiger partial charge in [-0.15, -0.1) is 0 Å². The fourth-order valence-corrected chi connectivity index (χ4v) is 5.18. The molecule has 3 rings (SSSR count). The number of methoxy groups -OCH3 is 1. The summed E-state index contributed by atoms with van der Waals surface area (Å²) in [5.41, 5.74) is -2.19. The Hall–Kier alpha value is -2.13. The summed E-state index contributed by atoms with van der Waals surface area (Å²) in [4.78, 5) is 19.0. The summed E-state index contributed by atoms with van der Waals surface area (Å²) in [5, 5.41) is 2.75. The van der Waals surface area contributed by atoms with Crippen molar-refractivity contribution in [2.45, 2.75) is 44.8 Å². The number of amides is 1. The summed E-state index contributed by atoms with van der Waals surface area (Å²) < 4.78 is 61.5. The van der Waals surface area contributed by atoms with Crippen molar-refractivity contribution in [3.05, 3.63) is 40.7 Å². The molecule has 1 saturated carbocycles. The number of halogens is 5. The molecule has 35 heavy (non-hydrogen) atoms. The van der Waals surface area contributed by atoms with Crippen molar-refractivity contribution < 1.29 is 27.1 Å². The van der Waals surface area contributed by atoms with Crippen LogP contribution in [0.2, 0.25) is 5.02 Å². The largest absolute Gasteiger partial charge is 0.494 e. The Bertz CT molecular complexity index is 992. The van der Waals surface area contributed by atoms with Gasteiger partial charge in [0, 0.05) is 37.2 Å². The average molecular weight is 518 g/mol. The first-order chi connectivity index (χ1) is 16.3. The number of carbonyl (C=O) groups is 1. The van der Waals surface area contributed by atoms with Crippen LogP contribution in [0.4, 0.5) is 17.6 Å². The highest BCUT2D eigenvalue weighted by atomic mass is 35.5. The number of hydrogen-bond acceptors (Lipinski definition) is 4. The predicted octanol–water partition coefficient (Wildman–Crippen LogP) is 5.07. The van der Waals surface area contributed by atoms with Gasteiger partial charge in [-0.05, 0) is 57.0 Å². The van der Waals surface area contributed by atoms with Crippen molar-refractivity contribution in [2.24, 2.45) is 21.7 Å². The highest BCUT2D eigenvalue weighted by molar-refractivity contribution is 6.31. The molecule has 0 spiro atoms. The number of hydrogen-bond donors (Lipinski definition) is 1. The molecule has 1 aromatic carbocycles. The molecule has 2 aliphatic rings. The van der Waals surface area contributed by atoms with E-state index in [1.165, 1.54) is 13.2 Å². The second-order valence-corrected chi connectivity index (χ2v) is 10.3. The molecule has 0 saturated heterocycles. The topological polar surface area (TPSA) is 53.9 Å². The number of allylic oxidation sites excluding steroid dienone is 1. The van der Waals surface area contributed by atoms with Crippen LogP contribution in [-0.4, -0.2) is 63.5 Å². The zero-order valence-corrected chi connectivity index (χ0v) is 21.1. The van der Waals surface area contributed by atoms with Gasteiger partial charge in [0.25, 0.3) is 0 Å². The van der Waals surface area contributed by atoms with Gasteiger partial charge in [-0.25, -0.2) is 4.39 Å². The standard InChI is InChI=1S/C25H32ClF4N3O2/c1-23(8-5-11-31-15-23)19(24(9-10-24)25(28,29)30)13-20(34)32-14-17(33(2)3)12-16-6-7-18(35-4)22(27)21(16)26/h5-8,11,17,19H,9-10,12-15H2,1-4H3,(H,32,34)/t17-,19-,23?/m0/s1. The minimum atomic E-state index is -4.39. The monoisotopic (exact) mass is 517 g/mol. The Balaban J connectivity index is 1.72. The third kappa shape index (κ3) is 5.82. The molecule has 10 heteroatoms. The van der Waals surface area contributed by atoms with Gasteiger partial charge in [-0.2, -0.15) is 13.2 Å². The molecule has 5 nitrogen and oxygen atoms in total. The average Bonchev–Trinajstić information content (AvgIpc) is 3.60. The van der Waals surface area contributed by atoms with Crippen LogP contribution in [0.25, 0.3) is 0 Å². The summed E-state index contributed by atoms with van der Waals surface area (Å²) in [5.74, 6) is -2.00. The second kappa shape index (κ2) is 10.5. The Labute approximate surface area is 208 Å². The number of nitrogens with one attached hydrogen (secondary N) is 1. The lowest BCUT2D eigenvalue weighted by molar-refractivity contribution is -0.212. The molecule has 0 bridgehead atoms. The van der Waals surface area contributed by atoms with E-state index >= 15 is 0 Å². The van der Waals surface area contributed by atoms with E-state index in [2.05, 4.69) is 10.3 Å². The van der Waals surface area contributed by atoms with Crippen molar-refractivity contribution in [3.8, 4) is 5.75 Å². The van der Waals surface area contributed by atoms with Gasteiger partial charge in [0.1, 0.15) is 0 Å². The molecular weight excluding hydrogens is 486 g/mol. The molecule has 0 radical (unpaired) electrons. The zero-order chi connectivity index (χ0) is 26.0. The number of alkyl halides is 3. The molecule has 1 aromatic rings. The first kappa shape index (κ1) is 27.5. The van der Waals surface area contributed by atoms with Crippen molar-refractivity contribution in [3.63, 3.8) is 0 Å². The molecule has 1 amide bonds. The predicted molar refractivity (Wildman–Crippen MR) is 129 cm³/mol. The number of ether oxygens (including phenoxy) is 1. The third-order valence-electron chi connectivity index (χ3n) is 7.37. The molecule has 1 aliphatic carbocycles. The van der Waals surface area contributed by atoms with Gasteiger partial charge < -0.3 is 15.0 Å². The zero-order valence-electron chi connectivity index (χ0n) is 20.4. The molecule has 194 valence electrons. The Morgan fingerprint density at radius 3 is 2.51 bits per heavy atom. The van der Waals surface area contributed by atoms with E-state index in [9.17, 15) is 22.4 Å². The first-order valence-electron chi connectivity index (χ1n) is 11.5. The summed E-state index contributed by atoms with van der Waals surface area (Å²) in [6.07, 6.45) is 0.685. The fourth-order valence-electron chi connectivity index (χ4n) is 4.94. The van der Waals surface area contributed by atoms with Crippen LogP contribution in [-0.2, 0) is 11.2 Å². The minimum Gasteiger partial charge on any atom is -0.494 e. The Morgan fingerprint density at radius 1 is 1.31 bits per heavy atom. The van der Waals surface area contributed by atoms with E-state index in [4.69, 9.17) is 16.3 Å². The van der Waals surface area contributed by atoms with Crippen molar-refractivity contribution >= 4 is 23.7 Å². The number of likely N-dealkylation sites (N-methyl/N-ethyl adjacent to an activating group) is 1. The van der Waals surface area contributed by atoms with Crippen LogP contribution in [0.1, 0.15) is 31.7 Å². The maximum atomic E-state index is 14.4. The number of nitrogens with zero attached hydrogens (tertiary/aromatic N) is 2. The van der Waals surface area contributed by atoms with Gasteiger partial charge in [-0.3, -0.25) is 9.79 Å². The minimum absolute atomic E-state index is 0.0173. The van der Waals surface area contributed by atoms with Gasteiger partial charge in [-0.1, -0.05) is 30.7 Å². The summed E-state index contributed by atoms with van der Waals surface area (Å²) >= 11 is 6.17. The highest BCUT2D eigenvalue weighted by Gasteiger charge is 2.69. The smallest absolute Gasteiger partial charge is 0.394 e. The van der Waals surface area contributed by atoms with Crippen molar-refractivity contribution in [1.29, 1.82) is 0 Å². The molecular formula is C25H32ClF4N3O2. The Kier molecular flexibility index (Phi) is 8.21. The molecule has 1 aliphatic heterocycles. The number of dihydropyridines is 1. The lowest BCUT2D eigenvalue weighted by atomic mass is 9.66. The van der Waals surface area contributed by atoms with Gasteiger partial charge >= 0.3 is 6.18 Å². The molecule has 3 atom stereocenters. The van der Waals surface area contributed by atoms with E-state index in [-0.39, 0.29) is 49.2 Å². The quantitative estimate of drug-likeness (QED) is 0.441. The SMILES string of the molecule is COc1ccc(C[C@@H](CNC(=O)C[C@@H](C2(C)C=CC=NC2)C2(C(F)(F)F)CC2)N(C)C)c(Cl)c1F. The maximum absolute atomic E-state index is 14.4. The van der Waals surface area contributed by atoms with Crippen LogP contribution in [0, 0.1) is 22.6 Å². The van der Waals surface area contributed by atoms with E-state index in [1.807, 2.05) is 19.0 Å². The van der Waals surface area contributed by atoms with Crippen LogP contribution >= 0.6 is 11.6 Å². The summed E-state index contributed by atoms with van der Waals surface area (Å²) in [6.45, 7) is 2.12. The number of carbonyl (C=O) groups excluding carboxylic acids is 1. The van der Waals surface area contributed by atoms with Crippen molar-refractivity contribution in [2.75, 3.05) is 34.3 Å². The highest BCUT2D eigenvalue weighted by Crippen LogP contribution is 2.67. The molecule has 1 heterocycles. The fraction of sp³-hybridized carbons (Fsp3) is 0.600. The number of benzene rings is 1. The van der Waals surface area contributed by atoms with Crippen LogP contribution in [0.5, 0.6) is 5.75 Å². The summed E-state index contributed by atoms with van der Waals surface area (Å²) in [7, 11) is 4.96. The third-order valence-corrected chi connectivity index (χ3v) is 7.78. The van der Waals surface area contributed by atoms with Crippen LogP contribution in [0.3, 0.4) is 0 Å². The van der Waals surface area contributed by atoms with E-state index < -0.39 is 34.6 Å². The lowest BCUT2D eigenvalue weighted by Gasteiger charge is -2.41. The van der Waals surface area contributed by atoms with Gasteiger partial charge in [0.2, 0.25) is 5.91 Å². The normalized spacial score (nSPS) is 22.7. The first-order valence-corrected chi connectivity index (χ1v) is 11.9. The molecule has 1 unspecified atom stereocenters. The van der Waals surface area contributed by atoms with E-state index in [0.29, 0.717) is 12.0 Å². The lowest BCUT2D eigenvalue weighted by Crippen LogP contribution is -2.47. The van der Waals surface area contributed by atoms with E-state index in [0.717, 1.165) is 0 Å². The second-order valence-electron chi connectivity index (χ2n) is 9.95. The number of rotatable bonds is 10. The molecule has 1 fully saturated rings. The Morgan fingerprint density at radius 2 is 2.00 bits per heavy atom. The van der Waals surface area contributed by atoms with Crippen LogP contribution < -0.4 is 10.1 Å².